The molecule has 11 rings (SSSR count). The number of hydrogen-bond donors (Lipinski definition) is 1. The summed E-state index contributed by atoms with van der Waals surface area (Å²) >= 11 is 0. The lowest BCUT2D eigenvalue weighted by atomic mass is 9.96. The molecule has 0 aliphatic rings. The van der Waals surface area contributed by atoms with Gasteiger partial charge in [0.25, 0.3) is 0 Å². The van der Waals surface area contributed by atoms with Crippen molar-refractivity contribution in [1.82, 2.24) is 0 Å². The predicted molar refractivity (Wildman–Crippen MR) is 248 cm³/mol. The van der Waals surface area contributed by atoms with E-state index in [4.69, 9.17) is 20.1 Å². The van der Waals surface area contributed by atoms with Gasteiger partial charge < -0.3 is 10.2 Å². The van der Waals surface area contributed by atoms with Gasteiger partial charge in [0.2, 0.25) is 0 Å². The lowest BCUT2D eigenvalue weighted by Crippen LogP contribution is -2.17. The third-order valence-electron chi connectivity index (χ3n) is 11.6. The standard InChI is InChI=1S/C55H37N3O/c56-54(50-32-40-15-5-7-17-44(40)46-18-8-9-19-47(46)50)58-55(41-29-28-39-27-26-37-14-4-6-16-43(37)49(39)33-41)57-34-42-30-31-45(53-52(42)48-20-10-11-21-51(48)59-53)38-24-22-36(23-25-38)35-12-2-1-3-13-35/h1-33H,34H2,(H2,56,57,58). The number of rotatable bonds is 6. The van der Waals surface area contributed by atoms with E-state index in [2.05, 4.69) is 182 Å². The van der Waals surface area contributed by atoms with E-state index >= 15 is 0 Å². The summed E-state index contributed by atoms with van der Waals surface area (Å²) in [4.78, 5) is 10.6. The summed E-state index contributed by atoms with van der Waals surface area (Å²) in [5.74, 6) is 0.980. The molecule has 0 aliphatic heterocycles. The monoisotopic (exact) mass is 755 g/mol. The number of para-hydroxylation sites is 1. The number of nitrogens with two attached hydrogens (primary N) is 1. The maximum Gasteiger partial charge on any atom is 0.157 e. The average Bonchev–Trinajstić information content (AvgIpc) is 3.70. The molecule has 0 unspecified atom stereocenters. The largest absolute Gasteiger partial charge is 0.455 e. The highest BCUT2D eigenvalue weighted by Gasteiger charge is 2.18. The summed E-state index contributed by atoms with van der Waals surface area (Å²) in [6.07, 6.45) is 0. The molecule has 0 saturated heterocycles. The number of fused-ring (bicyclic) bond motifs is 9. The smallest absolute Gasteiger partial charge is 0.157 e. The van der Waals surface area contributed by atoms with Crippen molar-refractivity contribution < 1.29 is 4.42 Å². The summed E-state index contributed by atoms with van der Waals surface area (Å²) in [6.45, 7) is 0.366. The van der Waals surface area contributed by atoms with E-state index in [0.717, 1.165) is 76.7 Å². The van der Waals surface area contributed by atoms with Crippen LogP contribution >= 0.6 is 0 Å². The molecule has 4 heteroatoms. The second-order valence-corrected chi connectivity index (χ2v) is 15.1. The second kappa shape index (κ2) is 14.3. The van der Waals surface area contributed by atoms with Gasteiger partial charge in [-0.2, -0.15) is 0 Å². The van der Waals surface area contributed by atoms with Gasteiger partial charge in [-0.05, 0) is 83.5 Å². The maximum atomic E-state index is 7.10. The van der Waals surface area contributed by atoms with Crippen LogP contribution in [0, 0.1) is 0 Å². The number of nitrogens with zero attached hydrogens (tertiary/aromatic N) is 2. The zero-order valence-electron chi connectivity index (χ0n) is 32.1. The molecule has 0 amide bonds. The molecule has 2 N–H and O–H groups in total. The van der Waals surface area contributed by atoms with Crippen LogP contribution in [-0.2, 0) is 6.54 Å². The van der Waals surface area contributed by atoms with Crippen molar-refractivity contribution in [2.24, 2.45) is 15.7 Å². The van der Waals surface area contributed by atoms with Crippen molar-refractivity contribution in [2.75, 3.05) is 0 Å². The van der Waals surface area contributed by atoms with Gasteiger partial charge in [-0.25, -0.2) is 4.99 Å². The Morgan fingerprint density at radius 1 is 0.458 bits per heavy atom. The van der Waals surface area contributed by atoms with E-state index in [1.54, 1.807) is 0 Å². The SMILES string of the molecule is NC(=NC(=NCc1ccc(-c2ccc(-c3ccccc3)cc2)c2oc3ccccc3c12)c1ccc2ccc3ccccc3c2c1)c1cc2ccccc2c2ccccc12. The predicted octanol–water partition coefficient (Wildman–Crippen LogP) is 13.9. The molecule has 0 aliphatic carbocycles. The van der Waals surface area contributed by atoms with E-state index in [-0.39, 0.29) is 0 Å². The van der Waals surface area contributed by atoms with Crippen LogP contribution in [0.25, 0.3) is 87.3 Å². The van der Waals surface area contributed by atoms with Crippen molar-refractivity contribution in [1.29, 1.82) is 0 Å². The van der Waals surface area contributed by atoms with Crippen LogP contribution in [0.2, 0.25) is 0 Å². The normalized spacial score (nSPS) is 12.4. The van der Waals surface area contributed by atoms with Gasteiger partial charge in [-0.15, -0.1) is 0 Å². The van der Waals surface area contributed by atoms with Crippen LogP contribution in [0.5, 0.6) is 0 Å². The fourth-order valence-electron chi connectivity index (χ4n) is 8.66. The molecule has 278 valence electrons. The summed E-state index contributed by atoms with van der Waals surface area (Å²) in [6, 6.07) is 70.1. The molecule has 0 bridgehead atoms. The van der Waals surface area contributed by atoms with Crippen molar-refractivity contribution >= 4 is 76.7 Å². The quantitative estimate of drug-likeness (QED) is 0.104. The van der Waals surface area contributed by atoms with Gasteiger partial charge in [0.15, 0.2) is 5.84 Å². The summed E-state index contributed by atoms with van der Waals surface area (Å²) in [5.41, 5.74) is 16.1. The molecule has 1 heterocycles. The zero-order valence-corrected chi connectivity index (χ0v) is 32.1. The van der Waals surface area contributed by atoms with Gasteiger partial charge in [0.05, 0.1) is 6.54 Å². The first-order valence-corrected chi connectivity index (χ1v) is 20.0. The van der Waals surface area contributed by atoms with Crippen LogP contribution in [0.1, 0.15) is 16.7 Å². The summed E-state index contributed by atoms with van der Waals surface area (Å²) in [5, 5.41) is 11.3. The second-order valence-electron chi connectivity index (χ2n) is 15.1. The third kappa shape index (κ3) is 6.10. The minimum absolute atomic E-state index is 0.366. The topological polar surface area (TPSA) is 63.9 Å². The lowest BCUT2D eigenvalue weighted by Gasteiger charge is -2.12. The number of furan rings is 1. The molecule has 0 spiro atoms. The number of hydrogen-bond acceptors (Lipinski definition) is 2. The fourth-order valence-corrected chi connectivity index (χ4v) is 8.66. The molecular weight excluding hydrogens is 719 g/mol. The lowest BCUT2D eigenvalue weighted by molar-refractivity contribution is 0.669. The van der Waals surface area contributed by atoms with E-state index in [1.807, 2.05) is 18.2 Å². The highest BCUT2D eigenvalue weighted by atomic mass is 16.3. The molecule has 11 aromatic rings. The Balaban J connectivity index is 1.08. The van der Waals surface area contributed by atoms with Gasteiger partial charge >= 0.3 is 0 Å². The molecular formula is C55H37N3O. The minimum Gasteiger partial charge on any atom is -0.455 e. The molecule has 0 fully saturated rings. The molecule has 59 heavy (non-hydrogen) atoms. The molecule has 0 radical (unpaired) electrons. The number of amidine groups is 2. The Kier molecular flexibility index (Phi) is 8.34. The van der Waals surface area contributed by atoms with Crippen molar-refractivity contribution in [2.45, 2.75) is 6.54 Å². The van der Waals surface area contributed by atoms with E-state index in [0.29, 0.717) is 18.2 Å². The average molecular weight is 756 g/mol. The maximum absolute atomic E-state index is 7.10. The Morgan fingerprint density at radius 3 is 1.85 bits per heavy atom. The van der Waals surface area contributed by atoms with E-state index in [1.165, 1.54) is 27.3 Å². The first-order chi connectivity index (χ1) is 29.2. The summed E-state index contributed by atoms with van der Waals surface area (Å²) in [7, 11) is 0. The molecule has 4 nitrogen and oxygen atoms in total. The van der Waals surface area contributed by atoms with Crippen molar-refractivity contribution in [3.05, 3.63) is 217 Å². The van der Waals surface area contributed by atoms with Crippen LogP contribution in [-0.4, -0.2) is 11.7 Å². The Bertz CT molecular complexity index is 3470. The van der Waals surface area contributed by atoms with Gasteiger partial charge in [-0.1, -0.05) is 182 Å². The van der Waals surface area contributed by atoms with Gasteiger partial charge in [0, 0.05) is 27.5 Å². The zero-order chi connectivity index (χ0) is 39.3. The Morgan fingerprint density at radius 2 is 1.05 bits per heavy atom. The van der Waals surface area contributed by atoms with Crippen LogP contribution < -0.4 is 5.73 Å². The molecule has 10 aromatic carbocycles. The van der Waals surface area contributed by atoms with E-state index < -0.39 is 0 Å². The minimum atomic E-state index is 0.366. The molecule has 0 atom stereocenters. The van der Waals surface area contributed by atoms with Crippen LogP contribution in [0.15, 0.2) is 215 Å². The number of benzene rings is 10. The summed E-state index contributed by atoms with van der Waals surface area (Å²) < 4.78 is 6.68. The van der Waals surface area contributed by atoms with Crippen LogP contribution in [0.3, 0.4) is 0 Å². The van der Waals surface area contributed by atoms with Crippen molar-refractivity contribution in [3.63, 3.8) is 0 Å². The van der Waals surface area contributed by atoms with Gasteiger partial charge in [0.1, 0.15) is 17.0 Å². The first kappa shape index (κ1) is 34.4. The molecule has 0 saturated carbocycles. The van der Waals surface area contributed by atoms with Gasteiger partial charge in [-0.3, -0.25) is 4.99 Å². The highest BCUT2D eigenvalue weighted by molar-refractivity contribution is 6.21. The Hall–Kier alpha value is -7.82. The fraction of sp³-hybridized carbons (Fsp3) is 0.0182. The van der Waals surface area contributed by atoms with Crippen molar-refractivity contribution in [3.8, 4) is 22.3 Å². The van der Waals surface area contributed by atoms with E-state index in [9.17, 15) is 0 Å². The first-order valence-electron chi connectivity index (χ1n) is 20.0. The Labute approximate surface area is 341 Å². The van der Waals surface area contributed by atoms with Crippen LogP contribution in [0.4, 0.5) is 0 Å². The molecule has 1 aromatic heterocycles. The highest BCUT2D eigenvalue weighted by Crippen LogP contribution is 2.39. The number of aliphatic imine (C=N–C) groups is 2. The third-order valence-corrected chi connectivity index (χ3v) is 11.6.